The van der Waals surface area contributed by atoms with Crippen molar-refractivity contribution in [2.45, 2.75) is 19.3 Å². The Morgan fingerprint density at radius 2 is 2.00 bits per heavy atom. The van der Waals surface area contributed by atoms with Crippen LogP contribution in [0.1, 0.15) is 19.3 Å². The van der Waals surface area contributed by atoms with E-state index in [-0.39, 0.29) is 0 Å². The molecule has 0 fully saturated rings. The molecule has 0 aromatic heterocycles. The zero-order valence-corrected chi connectivity index (χ0v) is 8.41. The molecule has 3 nitrogen and oxygen atoms in total. The zero-order chi connectivity index (χ0) is 10.2. The van der Waals surface area contributed by atoms with Crippen molar-refractivity contribution in [1.29, 1.82) is 0 Å². The van der Waals surface area contributed by atoms with Crippen molar-refractivity contribution in [3.63, 3.8) is 0 Å². The molecule has 0 amide bonds. The molecule has 1 rings (SSSR count). The smallest absolute Gasteiger partial charge is 0.121 e. The molecule has 14 heavy (non-hydrogen) atoms. The van der Waals surface area contributed by atoms with Gasteiger partial charge in [-0.2, -0.15) is 0 Å². The Hall–Kier alpha value is -1.22. The molecular formula is C11H18N2O. The van der Waals surface area contributed by atoms with Crippen LogP contribution in [0, 0.1) is 0 Å². The molecule has 0 radical (unpaired) electrons. The van der Waals surface area contributed by atoms with Crippen LogP contribution in [0.25, 0.3) is 0 Å². The van der Waals surface area contributed by atoms with Gasteiger partial charge < -0.3 is 16.2 Å². The van der Waals surface area contributed by atoms with E-state index in [0.717, 1.165) is 43.9 Å². The molecule has 0 saturated carbocycles. The van der Waals surface area contributed by atoms with E-state index in [0.29, 0.717) is 0 Å². The van der Waals surface area contributed by atoms with E-state index in [1.165, 1.54) is 0 Å². The average molecular weight is 194 g/mol. The molecule has 0 aliphatic carbocycles. The summed E-state index contributed by atoms with van der Waals surface area (Å²) in [6.07, 6.45) is 3.24. The molecule has 0 bridgehead atoms. The van der Waals surface area contributed by atoms with Gasteiger partial charge >= 0.3 is 0 Å². The Morgan fingerprint density at radius 3 is 2.71 bits per heavy atom. The summed E-state index contributed by atoms with van der Waals surface area (Å²) in [4.78, 5) is 0. The van der Waals surface area contributed by atoms with E-state index < -0.39 is 0 Å². The first-order chi connectivity index (χ1) is 6.83. The van der Waals surface area contributed by atoms with Gasteiger partial charge in [-0.25, -0.2) is 0 Å². The van der Waals surface area contributed by atoms with Crippen molar-refractivity contribution in [3.05, 3.63) is 24.3 Å². The second-order valence-corrected chi connectivity index (χ2v) is 3.27. The number of unbranched alkanes of at least 4 members (excludes halogenated alkanes) is 2. The standard InChI is InChI=1S/C11H18N2O/c12-7-2-1-3-8-14-11-6-4-5-10(13)9-11/h4-6,9H,1-3,7-8,12-13H2. The van der Waals surface area contributed by atoms with Crippen molar-refractivity contribution in [2.24, 2.45) is 5.73 Å². The molecule has 0 unspecified atom stereocenters. The topological polar surface area (TPSA) is 61.3 Å². The van der Waals surface area contributed by atoms with Crippen LogP contribution >= 0.6 is 0 Å². The van der Waals surface area contributed by atoms with Gasteiger partial charge in [0.2, 0.25) is 0 Å². The lowest BCUT2D eigenvalue weighted by Crippen LogP contribution is -2.01. The van der Waals surface area contributed by atoms with Crippen molar-refractivity contribution in [3.8, 4) is 5.75 Å². The van der Waals surface area contributed by atoms with Crippen LogP contribution in [0.4, 0.5) is 5.69 Å². The normalized spacial score (nSPS) is 10.1. The molecule has 1 aromatic rings. The van der Waals surface area contributed by atoms with E-state index in [1.807, 2.05) is 24.3 Å². The Balaban J connectivity index is 2.18. The van der Waals surface area contributed by atoms with Gasteiger partial charge in [0, 0.05) is 11.8 Å². The first kappa shape index (κ1) is 10.9. The number of ether oxygens (including phenoxy) is 1. The van der Waals surface area contributed by atoms with Gasteiger partial charge in [-0.15, -0.1) is 0 Å². The Bertz CT molecular complexity index is 263. The number of nitrogens with two attached hydrogens (primary N) is 2. The largest absolute Gasteiger partial charge is 0.494 e. The third-order valence-corrected chi connectivity index (χ3v) is 1.98. The lowest BCUT2D eigenvalue weighted by molar-refractivity contribution is 0.306. The fourth-order valence-electron chi connectivity index (χ4n) is 1.22. The van der Waals surface area contributed by atoms with Gasteiger partial charge in [-0.3, -0.25) is 0 Å². The predicted octanol–water partition coefficient (Wildman–Crippen LogP) is 1.78. The highest BCUT2D eigenvalue weighted by Gasteiger charge is 1.93. The van der Waals surface area contributed by atoms with Crippen LogP contribution in [-0.2, 0) is 0 Å². The van der Waals surface area contributed by atoms with Crippen molar-refractivity contribution >= 4 is 5.69 Å². The predicted molar refractivity (Wildman–Crippen MR) is 59.3 cm³/mol. The lowest BCUT2D eigenvalue weighted by Gasteiger charge is -2.05. The van der Waals surface area contributed by atoms with E-state index >= 15 is 0 Å². The molecule has 0 spiro atoms. The van der Waals surface area contributed by atoms with Crippen LogP contribution in [0.15, 0.2) is 24.3 Å². The number of anilines is 1. The Kier molecular flexibility index (Phi) is 4.86. The van der Waals surface area contributed by atoms with E-state index in [4.69, 9.17) is 16.2 Å². The maximum Gasteiger partial charge on any atom is 0.121 e. The summed E-state index contributed by atoms with van der Waals surface area (Å²) in [6, 6.07) is 7.49. The summed E-state index contributed by atoms with van der Waals surface area (Å²) < 4.78 is 5.51. The number of hydrogen-bond donors (Lipinski definition) is 2. The Labute approximate surface area is 85.0 Å². The summed E-state index contributed by atoms with van der Waals surface area (Å²) in [7, 11) is 0. The minimum Gasteiger partial charge on any atom is -0.494 e. The van der Waals surface area contributed by atoms with Crippen LogP contribution in [0.5, 0.6) is 5.75 Å². The van der Waals surface area contributed by atoms with Gasteiger partial charge in [0.1, 0.15) is 5.75 Å². The number of nitrogen functional groups attached to an aromatic ring is 1. The van der Waals surface area contributed by atoms with Crippen molar-refractivity contribution in [2.75, 3.05) is 18.9 Å². The first-order valence-electron chi connectivity index (χ1n) is 5.01. The minimum atomic E-state index is 0.740. The molecule has 4 N–H and O–H groups in total. The summed E-state index contributed by atoms with van der Waals surface area (Å²) in [5, 5.41) is 0. The van der Waals surface area contributed by atoms with E-state index in [9.17, 15) is 0 Å². The van der Waals surface area contributed by atoms with Gasteiger partial charge in [-0.05, 0) is 37.9 Å². The van der Waals surface area contributed by atoms with E-state index in [2.05, 4.69) is 0 Å². The van der Waals surface area contributed by atoms with Crippen LogP contribution < -0.4 is 16.2 Å². The fourth-order valence-corrected chi connectivity index (χ4v) is 1.22. The van der Waals surface area contributed by atoms with Crippen molar-refractivity contribution in [1.82, 2.24) is 0 Å². The molecule has 1 aromatic carbocycles. The number of hydrogen-bond acceptors (Lipinski definition) is 3. The van der Waals surface area contributed by atoms with Gasteiger partial charge in [0.05, 0.1) is 6.61 Å². The summed E-state index contributed by atoms with van der Waals surface area (Å²) in [5.74, 6) is 0.845. The highest BCUT2D eigenvalue weighted by Crippen LogP contribution is 2.14. The fraction of sp³-hybridized carbons (Fsp3) is 0.455. The molecule has 3 heteroatoms. The molecule has 0 aliphatic heterocycles. The second-order valence-electron chi connectivity index (χ2n) is 3.27. The molecule has 0 atom stereocenters. The second kappa shape index (κ2) is 6.27. The molecule has 0 aliphatic rings. The number of rotatable bonds is 6. The highest BCUT2D eigenvalue weighted by molar-refractivity contribution is 5.43. The maximum absolute atomic E-state index is 5.61. The molecule has 78 valence electrons. The quantitative estimate of drug-likeness (QED) is 0.536. The van der Waals surface area contributed by atoms with Gasteiger partial charge in [0.25, 0.3) is 0 Å². The van der Waals surface area contributed by atoms with Crippen LogP contribution in [-0.4, -0.2) is 13.2 Å². The molecule has 0 saturated heterocycles. The Morgan fingerprint density at radius 1 is 1.14 bits per heavy atom. The lowest BCUT2D eigenvalue weighted by atomic mass is 10.2. The summed E-state index contributed by atoms with van der Waals surface area (Å²) in [6.45, 7) is 1.50. The SMILES string of the molecule is NCCCCCOc1cccc(N)c1. The molecular weight excluding hydrogens is 176 g/mol. The summed E-state index contributed by atoms with van der Waals surface area (Å²) in [5.41, 5.74) is 11.7. The minimum absolute atomic E-state index is 0.740. The van der Waals surface area contributed by atoms with Gasteiger partial charge in [0.15, 0.2) is 0 Å². The van der Waals surface area contributed by atoms with Gasteiger partial charge in [-0.1, -0.05) is 6.07 Å². The molecule has 0 heterocycles. The summed E-state index contributed by atoms with van der Waals surface area (Å²) >= 11 is 0. The van der Waals surface area contributed by atoms with Crippen LogP contribution in [0.2, 0.25) is 0 Å². The first-order valence-corrected chi connectivity index (χ1v) is 5.01. The third kappa shape index (κ3) is 4.14. The third-order valence-electron chi connectivity index (χ3n) is 1.98. The van der Waals surface area contributed by atoms with Crippen molar-refractivity contribution < 1.29 is 4.74 Å². The zero-order valence-electron chi connectivity index (χ0n) is 8.41. The highest BCUT2D eigenvalue weighted by atomic mass is 16.5. The average Bonchev–Trinajstić information content (AvgIpc) is 2.18. The van der Waals surface area contributed by atoms with Crippen LogP contribution in [0.3, 0.4) is 0 Å². The number of benzene rings is 1. The maximum atomic E-state index is 5.61. The van der Waals surface area contributed by atoms with E-state index in [1.54, 1.807) is 0 Å². The monoisotopic (exact) mass is 194 g/mol.